The SMILES string of the molecule is N#C[C@@H]1C[C@H]2C[C@@H]1[C@@H]1[C@H]3C[C@H]([C@@H]4O[C@H]34)[C@H]21. The molecule has 5 aliphatic rings. The van der Waals surface area contributed by atoms with Crippen LogP contribution in [0.25, 0.3) is 0 Å². The molecule has 2 nitrogen and oxygen atoms in total. The van der Waals surface area contributed by atoms with Gasteiger partial charge < -0.3 is 4.74 Å². The molecule has 0 aromatic heterocycles. The minimum absolute atomic E-state index is 0.396. The monoisotopic (exact) mass is 201 g/mol. The van der Waals surface area contributed by atoms with E-state index < -0.39 is 0 Å². The number of fused-ring (bicyclic) bond motifs is 12. The molecule has 15 heavy (non-hydrogen) atoms. The zero-order valence-corrected chi connectivity index (χ0v) is 8.67. The number of nitrogens with zero attached hydrogens (tertiary/aromatic N) is 1. The minimum Gasteiger partial charge on any atom is -0.369 e. The topological polar surface area (TPSA) is 36.3 Å². The predicted octanol–water partition coefficient (Wildman–Crippen LogP) is 1.82. The Kier molecular flexibility index (Phi) is 1.08. The van der Waals surface area contributed by atoms with Crippen LogP contribution in [0.15, 0.2) is 0 Å². The molecular weight excluding hydrogens is 186 g/mol. The van der Waals surface area contributed by atoms with Crippen LogP contribution >= 0.6 is 0 Å². The van der Waals surface area contributed by atoms with Gasteiger partial charge in [-0.2, -0.15) is 5.26 Å². The Hall–Kier alpha value is -0.550. The fourth-order valence-corrected chi connectivity index (χ4v) is 6.00. The average molecular weight is 201 g/mol. The van der Waals surface area contributed by atoms with Gasteiger partial charge in [0.1, 0.15) is 0 Å². The van der Waals surface area contributed by atoms with Crippen LogP contribution in [0.3, 0.4) is 0 Å². The van der Waals surface area contributed by atoms with Crippen LogP contribution in [0, 0.1) is 52.8 Å². The van der Waals surface area contributed by atoms with Crippen molar-refractivity contribution in [2.24, 2.45) is 41.4 Å². The van der Waals surface area contributed by atoms with Crippen molar-refractivity contribution in [2.75, 3.05) is 0 Å². The second kappa shape index (κ2) is 2.11. The summed E-state index contributed by atoms with van der Waals surface area (Å²) >= 11 is 0. The molecule has 0 radical (unpaired) electrons. The molecule has 1 saturated heterocycles. The first-order valence-corrected chi connectivity index (χ1v) is 6.43. The maximum atomic E-state index is 9.17. The first-order chi connectivity index (χ1) is 7.38. The first-order valence-electron chi connectivity index (χ1n) is 6.43. The fraction of sp³-hybridized carbons (Fsp3) is 0.923. The molecule has 0 aromatic carbocycles. The summed E-state index contributed by atoms with van der Waals surface area (Å²) in [4.78, 5) is 0. The van der Waals surface area contributed by atoms with E-state index in [2.05, 4.69) is 6.07 Å². The van der Waals surface area contributed by atoms with Crippen molar-refractivity contribution >= 4 is 0 Å². The third-order valence-electron chi connectivity index (χ3n) is 6.24. The number of nitriles is 1. The maximum Gasteiger partial charge on any atom is 0.0875 e. The lowest BCUT2D eigenvalue weighted by Gasteiger charge is -2.34. The highest BCUT2D eigenvalue weighted by Gasteiger charge is 2.73. The number of hydrogen-bond acceptors (Lipinski definition) is 2. The first kappa shape index (κ1) is 7.68. The summed E-state index contributed by atoms with van der Waals surface area (Å²) in [5.74, 6) is 5.66. The Morgan fingerprint density at radius 3 is 2.53 bits per heavy atom. The molecule has 0 N–H and O–H groups in total. The van der Waals surface area contributed by atoms with Crippen LogP contribution in [0.2, 0.25) is 0 Å². The summed E-state index contributed by atoms with van der Waals surface area (Å²) in [5.41, 5.74) is 0. The summed E-state index contributed by atoms with van der Waals surface area (Å²) in [5, 5.41) is 9.17. The van der Waals surface area contributed by atoms with Gasteiger partial charge in [-0.3, -0.25) is 0 Å². The molecule has 4 bridgehead atoms. The van der Waals surface area contributed by atoms with Gasteiger partial charge in [-0.05, 0) is 54.8 Å². The molecule has 4 aliphatic carbocycles. The van der Waals surface area contributed by atoms with Crippen LogP contribution in [-0.2, 0) is 4.74 Å². The van der Waals surface area contributed by atoms with E-state index in [0.717, 1.165) is 35.5 Å². The van der Waals surface area contributed by atoms with E-state index in [4.69, 9.17) is 4.74 Å². The van der Waals surface area contributed by atoms with Gasteiger partial charge in [0.05, 0.1) is 18.3 Å². The van der Waals surface area contributed by atoms with Gasteiger partial charge in [0, 0.05) is 5.92 Å². The van der Waals surface area contributed by atoms with Crippen molar-refractivity contribution in [2.45, 2.75) is 31.5 Å². The van der Waals surface area contributed by atoms with Crippen LogP contribution in [0.1, 0.15) is 19.3 Å². The average Bonchev–Trinajstić information content (AvgIpc) is 2.69. The summed E-state index contributed by atoms with van der Waals surface area (Å²) in [6.07, 6.45) is 5.32. The van der Waals surface area contributed by atoms with Gasteiger partial charge >= 0.3 is 0 Å². The minimum atomic E-state index is 0.396. The van der Waals surface area contributed by atoms with Crippen molar-refractivity contribution in [1.82, 2.24) is 0 Å². The molecule has 1 heterocycles. The molecule has 2 heteroatoms. The highest BCUT2D eigenvalue weighted by Crippen LogP contribution is 2.72. The number of hydrogen-bond donors (Lipinski definition) is 0. The van der Waals surface area contributed by atoms with Gasteiger partial charge in [-0.25, -0.2) is 0 Å². The second-order valence-corrected chi connectivity index (χ2v) is 6.41. The largest absolute Gasteiger partial charge is 0.369 e. The fourth-order valence-electron chi connectivity index (χ4n) is 6.00. The van der Waals surface area contributed by atoms with E-state index >= 15 is 0 Å². The zero-order chi connectivity index (χ0) is 9.73. The third-order valence-corrected chi connectivity index (χ3v) is 6.24. The molecular formula is C13H15NO. The molecule has 0 unspecified atom stereocenters. The highest BCUT2D eigenvalue weighted by atomic mass is 16.6. The van der Waals surface area contributed by atoms with Gasteiger partial charge in [0.25, 0.3) is 0 Å². The van der Waals surface area contributed by atoms with E-state index in [-0.39, 0.29) is 0 Å². The molecule has 9 atom stereocenters. The summed E-state index contributed by atoms with van der Waals surface area (Å²) < 4.78 is 5.79. The Balaban J connectivity index is 1.59. The van der Waals surface area contributed by atoms with Crippen molar-refractivity contribution in [3.63, 3.8) is 0 Å². The molecule has 78 valence electrons. The van der Waals surface area contributed by atoms with E-state index in [1.54, 1.807) is 0 Å². The molecule has 0 spiro atoms. The lowest BCUT2D eigenvalue weighted by Crippen LogP contribution is -2.35. The van der Waals surface area contributed by atoms with Crippen LogP contribution < -0.4 is 0 Å². The van der Waals surface area contributed by atoms with E-state index in [0.29, 0.717) is 18.1 Å². The third kappa shape index (κ3) is 0.666. The van der Waals surface area contributed by atoms with Crippen LogP contribution in [-0.4, -0.2) is 12.2 Å². The van der Waals surface area contributed by atoms with E-state index in [1.165, 1.54) is 19.3 Å². The number of epoxide rings is 1. The predicted molar refractivity (Wildman–Crippen MR) is 52.6 cm³/mol. The van der Waals surface area contributed by atoms with E-state index in [9.17, 15) is 5.26 Å². The Labute approximate surface area is 89.6 Å². The van der Waals surface area contributed by atoms with Gasteiger partial charge in [-0.15, -0.1) is 0 Å². The molecule has 1 aliphatic heterocycles. The maximum absolute atomic E-state index is 9.17. The van der Waals surface area contributed by atoms with Gasteiger partial charge in [0.15, 0.2) is 0 Å². The van der Waals surface area contributed by atoms with Gasteiger partial charge in [0.2, 0.25) is 0 Å². The Bertz CT molecular complexity index is 386. The summed E-state index contributed by atoms with van der Waals surface area (Å²) in [7, 11) is 0. The molecule has 4 saturated carbocycles. The Morgan fingerprint density at radius 2 is 1.73 bits per heavy atom. The van der Waals surface area contributed by atoms with Crippen molar-refractivity contribution < 1.29 is 4.74 Å². The summed E-state index contributed by atoms with van der Waals surface area (Å²) in [6.45, 7) is 0. The zero-order valence-electron chi connectivity index (χ0n) is 8.67. The lowest BCUT2D eigenvalue weighted by molar-refractivity contribution is 0.140. The van der Waals surface area contributed by atoms with Crippen LogP contribution in [0.5, 0.6) is 0 Å². The molecule has 0 aromatic rings. The van der Waals surface area contributed by atoms with Crippen molar-refractivity contribution in [3.05, 3.63) is 0 Å². The quantitative estimate of drug-likeness (QED) is 0.442. The number of ether oxygens (including phenoxy) is 1. The van der Waals surface area contributed by atoms with Crippen molar-refractivity contribution in [1.29, 1.82) is 5.26 Å². The van der Waals surface area contributed by atoms with Crippen molar-refractivity contribution in [3.8, 4) is 6.07 Å². The summed E-state index contributed by atoms with van der Waals surface area (Å²) in [6, 6.07) is 2.56. The molecule has 0 amide bonds. The molecule has 5 rings (SSSR count). The normalized spacial score (nSPS) is 71.5. The Morgan fingerprint density at radius 1 is 0.933 bits per heavy atom. The standard InChI is InChI=1S/C13H15NO/c14-4-6-1-5-2-7(6)11-9-3-8(10(5)11)12-13(9)15-12/h5-13H,1-3H2/t5-,6-,7-,8-,9+,10-,11+,12-,13+/m0/s1. The van der Waals surface area contributed by atoms with E-state index in [1.807, 2.05) is 0 Å². The van der Waals surface area contributed by atoms with Crippen LogP contribution in [0.4, 0.5) is 0 Å². The highest BCUT2D eigenvalue weighted by molar-refractivity contribution is 5.22. The van der Waals surface area contributed by atoms with Gasteiger partial charge in [-0.1, -0.05) is 0 Å². The lowest BCUT2D eigenvalue weighted by atomic mass is 9.68. The number of rotatable bonds is 0. The second-order valence-electron chi connectivity index (χ2n) is 6.41. The smallest absolute Gasteiger partial charge is 0.0875 e. The molecule has 5 fully saturated rings.